The van der Waals surface area contributed by atoms with Gasteiger partial charge in [0.1, 0.15) is 57.4 Å². The van der Waals surface area contributed by atoms with Gasteiger partial charge in [-0.1, -0.05) is 76.6 Å². The number of fused-ring (bicyclic) bond motifs is 4. The topological polar surface area (TPSA) is 632 Å². The maximum absolute atomic E-state index is 13.3. The van der Waals surface area contributed by atoms with E-state index < -0.39 is 101 Å². The number of ether oxygens (including phenoxy) is 2. The van der Waals surface area contributed by atoms with Gasteiger partial charge in [0.15, 0.2) is 0 Å². The first-order valence-corrected chi connectivity index (χ1v) is 40.1. The number of aryl methyl sites for hydroxylation is 4. The van der Waals surface area contributed by atoms with E-state index in [0.29, 0.717) is 70.3 Å². The number of methoxy groups -OCH3 is 2. The lowest BCUT2D eigenvalue weighted by Crippen LogP contribution is -2.47. The molecule has 8 heterocycles. The Morgan fingerprint density at radius 1 is 0.462 bits per heavy atom. The lowest BCUT2D eigenvalue weighted by atomic mass is 10.0. The summed E-state index contributed by atoms with van der Waals surface area (Å²) >= 11 is 3.29. The van der Waals surface area contributed by atoms with Crippen LogP contribution < -0.4 is 53.9 Å². The van der Waals surface area contributed by atoms with Gasteiger partial charge in [-0.3, -0.25) is 141 Å². The number of nitrogens with one attached hydrogen (secondary N) is 4. The summed E-state index contributed by atoms with van der Waals surface area (Å²) in [6.07, 6.45) is 2.08. The minimum Gasteiger partial charge on any atom is -0.497 e. The van der Waals surface area contributed by atoms with Crippen LogP contribution in [0.1, 0.15) is 101 Å². The highest BCUT2D eigenvalue weighted by Gasteiger charge is 2.40. The molecule has 132 heavy (non-hydrogen) atoms. The number of alkyl halides is 1. The number of likely N-dealkylation sites (tertiary alicyclic amines) is 2. The van der Waals surface area contributed by atoms with E-state index in [9.17, 15) is 122 Å². The number of imidazole rings is 4. The second-order valence-corrected chi connectivity index (χ2v) is 30.2. The summed E-state index contributed by atoms with van der Waals surface area (Å²) in [5.74, 6) is -5.43. The van der Waals surface area contributed by atoms with Crippen LogP contribution in [0.4, 0.5) is 44.2 Å². The molecule has 49 heteroatoms. The van der Waals surface area contributed by atoms with Crippen LogP contribution in [0.15, 0.2) is 177 Å². The molecule has 8 amide bonds. The molecule has 0 spiro atoms. The van der Waals surface area contributed by atoms with Crippen molar-refractivity contribution in [1.82, 2.24) is 57.4 Å². The van der Waals surface area contributed by atoms with Crippen molar-refractivity contribution in [3.8, 4) is 11.5 Å². The Hall–Kier alpha value is -17.1. The number of nitro benzene ring substituents is 5. The van der Waals surface area contributed by atoms with E-state index in [2.05, 4.69) is 36.9 Å². The molecular weight excluding hydrogens is 1810 g/mol. The number of aromatic amines is 1. The number of carboxylic acid groups (broad SMARTS) is 2. The molecule has 0 aliphatic carbocycles. The predicted molar refractivity (Wildman–Crippen MR) is 469 cm³/mol. The first kappa shape index (κ1) is 97.2. The SMILES string of the molecule is CNc1c(C(=O)O)cccc1[N+](=O)[O-].COc1ccc(CN2C(=O)CCC(Br)C2=O)cc1.COc1ccc(CN2C(=O)CCC(n3c(=O)n(C)c4c([N+](=O)[O-])cccc43)C2=O)cc1.Cn1c(=O)[nH]c2cccc([N+](=O)[O-])c21.Cn1c(=O)n(C2CCC(=O)NC2=O)c2cccc(N)c21.Cn1c(=O)n(C2CCC(=O)NC2=O)c2cccc([N+](=O)[O-])c21.O=C(O)c1cccc([N+](=O)[O-])c1F. The number of imide groups is 4. The van der Waals surface area contributed by atoms with Crippen LogP contribution in [0.5, 0.6) is 11.5 Å². The van der Waals surface area contributed by atoms with Crippen molar-refractivity contribution in [2.75, 3.05) is 32.3 Å². The smallest absolute Gasteiger partial charge is 0.338 e. The molecule has 47 nitrogen and oxygen atoms in total. The third-order valence-corrected chi connectivity index (χ3v) is 22.0. The lowest BCUT2D eigenvalue weighted by molar-refractivity contribution is -0.387. The summed E-state index contributed by atoms with van der Waals surface area (Å²) in [5, 5.41) is 78.0. The molecule has 4 fully saturated rings. The minimum atomic E-state index is -1.53. The van der Waals surface area contributed by atoms with Gasteiger partial charge in [0.25, 0.3) is 28.7 Å². The minimum absolute atomic E-state index is 0.0185. The van der Waals surface area contributed by atoms with Crippen molar-refractivity contribution in [3.63, 3.8) is 0 Å². The zero-order valence-electron chi connectivity index (χ0n) is 70.5. The monoisotopic (exact) mass is 1890 g/mol. The van der Waals surface area contributed by atoms with Crippen LogP contribution in [0.2, 0.25) is 0 Å². The predicted octanol–water partition coefficient (Wildman–Crippen LogP) is 7.92. The quantitative estimate of drug-likeness (QED) is 0.0149. The molecule has 4 aliphatic rings. The van der Waals surface area contributed by atoms with Gasteiger partial charge in [-0.15, -0.1) is 0 Å². The number of para-hydroxylation sites is 5. The molecule has 4 unspecified atom stereocenters. The number of halogens is 2. The van der Waals surface area contributed by atoms with Crippen LogP contribution in [0.25, 0.3) is 44.1 Å². The molecule has 0 bridgehead atoms. The molecule has 12 aromatic rings. The number of hydrogen-bond donors (Lipinski definition) is 7. The second kappa shape index (κ2) is 41.6. The van der Waals surface area contributed by atoms with Crippen molar-refractivity contribution < 1.29 is 96.6 Å². The van der Waals surface area contributed by atoms with Crippen LogP contribution in [-0.2, 0) is 79.6 Å². The number of non-ortho nitro benzene ring substituents is 3. The highest BCUT2D eigenvalue weighted by molar-refractivity contribution is 9.10. The Kier molecular flexibility index (Phi) is 30.6. The summed E-state index contributed by atoms with van der Waals surface area (Å²) in [4.78, 5) is 221. The van der Waals surface area contributed by atoms with Crippen LogP contribution in [-0.4, -0.2) is 167 Å². The van der Waals surface area contributed by atoms with Gasteiger partial charge >= 0.3 is 40.4 Å². The van der Waals surface area contributed by atoms with Gasteiger partial charge in [-0.25, -0.2) is 28.8 Å². The number of carboxylic acids is 2. The summed E-state index contributed by atoms with van der Waals surface area (Å²) in [7, 11) is 10.5. The van der Waals surface area contributed by atoms with E-state index in [-0.39, 0.29) is 129 Å². The number of benzene rings is 8. The van der Waals surface area contributed by atoms with E-state index in [1.54, 1.807) is 81.9 Å². The van der Waals surface area contributed by atoms with Gasteiger partial charge in [-0.05, 0) is 104 Å². The molecule has 16 rings (SSSR count). The number of amides is 8. The normalized spacial score (nSPS) is 15.8. The third-order valence-electron chi connectivity index (χ3n) is 21.2. The van der Waals surface area contributed by atoms with Gasteiger partial charge < -0.3 is 35.7 Å². The number of rotatable bonds is 17. The molecule has 4 aliphatic heterocycles. The Bertz CT molecular complexity index is 6880. The molecule has 0 saturated carbocycles. The van der Waals surface area contributed by atoms with E-state index in [4.69, 9.17) is 25.4 Å². The first-order chi connectivity index (χ1) is 62.6. The number of aromatic nitrogens is 8. The van der Waals surface area contributed by atoms with Crippen molar-refractivity contribution in [2.24, 2.45) is 28.2 Å². The average Bonchev–Trinajstić information content (AvgIpc) is 1.58. The summed E-state index contributed by atoms with van der Waals surface area (Å²) in [6.45, 7) is 0.390. The number of carbonyl (C=O) groups is 10. The van der Waals surface area contributed by atoms with Gasteiger partial charge in [0, 0.05) is 91.3 Å². The number of nitro groups is 5. The fourth-order valence-corrected chi connectivity index (χ4v) is 15.2. The van der Waals surface area contributed by atoms with Crippen molar-refractivity contribution in [3.05, 3.63) is 278 Å². The highest BCUT2D eigenvalue weighted by atomic mass is 79.9. The number of H-pyrrole nitrogens is 1. The average molecular weight is 1890 g/mol. The number of carbonyl (C=O) groups excluding carboxylic acids is 8. The Balaban J connectivity index is 0.000000163. The first-order valence-electron chi connectivity index (χ1n) is 39.2. The lowest BCUT2D eigenvalue weighted by Gasteiger charge is -2.31. The highest BCUT2D eigenvalue weighted by Crippen LogP contribution is 2.35. The van der Waals surface area contributed by atoms with Gasteiger partial charge in [0.2, 0.25) is 47.2 Å². The van der Waals surface area contributed by atoms with Crippen molar-refractivity contribution in [2.45, 2.75) is 87.4 Å². The maximum Gasteiger partial charge on any atom is 0.338 e. The van der Waals surface area contributed by atoms with Crippen molar-refractivity contribution in [1.29, 1.82) is 0 Å². The van der Waals surface area contributed by atoms with E-state index in [1.165, 1.54) is 115 Å². The number of hydrogen-bond acceptors (Lipinski definition) is 28. The van der Waals surface area contributed by atoms with Crippen molar-refractivity contribution >= 4 is 159 Å². The maximum atomic E-state index is 13.3. The van der Waals surface area contributed by atoms with E-state index in [1.807, 2.05) is 24.3 Å². The molecule has 4 atom stereocenters. The zero-order valence-corrected chi connectivity index (χ0v) is 72.1. The van der Waals surface area contributed by atoms with E-state index >= 15 is 0 Å². The molecule has 4 saturated heterocycles. The van der Waals surface area contributed by atoms with Crippen LogP contribution in [0.3, 0.4) is 0 Å². The molecule has 4 aromatic heterocycles. The van der Waals surface area contributed by atoms with Gasteiger partial charge in [0.05, 0.1) is 95.6 Å². The Labute approximate surface area is 747 Å². The molecule has 688 valence electrons. The zero-order chi connectivity index (χ0) is 96.9. The molecule has 0 radical (unpaired) electrons. The molecular formula is C83H79BrFN19O28. The van der Waals surface area contributed by atoms with E-state index in [0.717, 1.165) is 44.5 Å². The Morgan fingerprint density at radius 3 is 1.25 bits per heavy atom. The number of nitrogens with two attached hydrogens (primary N) is 1. The summed E-state index contributed by atoms with van der Waals surface area (Å²) < 4.78 is 32.0. The van der Waals surface area contributed by atoms with Crippen LogP contribution >= 0.6 is 15.9 Å². The number of nitrogen functional groups attached to an aromatic ring is 1. The Morgan fingerprint density at radius 2 is 0.826 bits per heavy atom. The second-order valence-electron chi connectivity index (χ2n) is 29.1. The fraction of sp³-hybridized carbons (Fsp3) is 0.253. The number of anilines is 2. The fourth-order valence-electron chi connectivity index (χ4n) is 14.8. The largest absolute Gasteiger partial charge is 0.497 e. The van der Waals surface area contributed by atoms with Gasteiger partial charge in [-0.2, -0.15) is 4.39 Å². The third kappa shape index (κ3) is 20.8. The number of nitrogens with zero attached hydrogens (tertiary/aromatic N) is 14. The summed E-state index contributed by atoms with van der Waals surface area (Å²) in [5.41, 5.74) is 6.84. The standard InChI is InChI=1S/C21H20N4O6.C13H14BrNO3.C13H12N4O5.C13H14N4O3.C8H7N3O3.C8H8N2O4.C7H4FNO4/c1-22-19-15(4-3-5-16(19)25(29)30)24(21(22)28)17-10-11-18(26)23(20(17)27)12-13-6-8-14(31-2)9-7-13;1-18-10-4-2-9(3-5-10)8-15-12(16)7-6-11(14)13(15)17;1-15-11-7(3-2-4-8(11)17(21)22)16(13(15)20)9-5-6-10(18)14-12(9)19;1-16-11-7(14)3-2-4-8(11)17(13(16)20)9-5-6-10(18)15-12(9)19;1-10-7-5(9-8(10)12)3-2-4-6(7)11(13)14;1-9-7-5(8(11)12)3-2-4-6(7)10(13)14;8-6-4(7(10)11)2-1-3-5(6)9(12)13/h3-9,17H,10-12H2,1-2H3;2-5,11H,6-8H2,1H3;2-4,9H,5-6H2,1H3,(H,14,18,19);2-4,9H,5-6,14H2,1H3,(H,15,18,19);2-4H,1H3,(H,9,12);2-4,9H,1H3,(H,11,12);1-3H,(H,10,11). The number of piperidine rings is 4. The molecule has 8 aromatic carbocycles. The molecule has 8 N–H and O–H groups in total. The van der Waals surface area contributed by atoms with Crippen LogP contribution in [0, 0.1) is 56.4 Å². The number of aromatic carboxylic acids is 2. The summed E-state index contributed by atoms with van der Waals surface area (Å²) in [6, 6.07) is 37.2.